The Balaban J connectivity index is 2.09. The van der Waals surface area contributed by atoms with Crippen molar-refractivity contribution in [1.82, 2.24) is 5.32 Å². The molecule has 0 aliphatic heterocycles. The summed E-state index contributed by atoms with van der Waals surface area (Å²) in [5.41, 5.74) is 0.470. The molecule has 0 saturated carbocycles. The van der Waals surface area contributed by atoms with Gasteiger partial charge in [0, 0.05) is 18.2 Å². The van der Waals surface area contributed by atoms with Gasteiger partial charge in [-0.3, -0.25) is 0 Å². The van der Waals surface area contributed by atoms with Crippen molar-refractivity contribution in [2.24, 2.45) is 0 Å². The molecule has 6 heteroatoms. The van der Waals surface area contributed by atoms with Crippen LogP contribution in [0.5, 0.6) is 11.5 Å². The molecule has 2 rings (SSSR count). The third-order valence-electron chi connectivity index (χ3n) is 2.78. The average molecular weight is 321 g/mol. The van der Waals surface area contributed by atoms with E-state index < -0.39 is 0 Å². The zero-order valence-electron chi connectivity index (χ0n) is 11.9. The van der Waals surface area contributed by atoms with Crippen molar-refractivity contribution in [3.05, 3.63) is 53.6 Å². The second-order valence-corrected chi connectivity index (χ2v) is 4.95. The monoisotopic (exact) mass is 320 g/mol. The van der Waals surface area contributed by atoms with Crippen molar-refractivity contribution in [3.63, 3.8) is 0 Å². The maximum Gasteiger partial charge on any atom is 0.319 e. The number of nitrogens with one attached hydrogen (secondary N) is 2. The molecule has 5 nitrogen and oxygen atoms in total. The highest BCUT2D eigenvalue weighted by molar-refractivity contribution is 6.31. The van der Waals surface area contributed by atoms with E-state index in [1.165, 1.54) is 0 Å². The van der Waals surface area contributed by atoms with Crippen molar-refractivity contribution in [3.8, 4) is 11.5 Å². The lowest BCUT2D eigenvalue weighted by Crippen LogP contribution is -2.30. The molecule has 22 heavy (non-hydrogen) atoms. The second-order valence-electron chi connectivity index (χ2n) is 4.51. The van der Waals surface area contributed by atoms with E-state index in [1.54, 1.807) is 18.2 Å². The Morgan fingerprint density at radius 1 is 1.18 bits per heavy atom. The van der Waals surface area contributed by atoms with Crippen LogP contribution < -0.4 is 15.4 Å². The second kappa shape index (κ2) is 8.26. The first-order chi connectivity index (χ1) is 10.7. The number of rotatable bonds is 6. The van der Waals surface area contributed by atoms with Crippen LogP contribution in [0.15, 0.2) is 48.5 Å². The number of urea groups is 1. The van der Waals surface area contributed by atoms with Crippen molar-refractivity contribution in [2.45, 2.75) is 6.42 Å². The lowest BCUT2D eigenvalue weighted by Gasteiger charge is -2.13. The number of benzene rings is 2. The number of para-hydroxylation sites is 1. The Morgan fingerprint density at radius 3 is 2.68 bits per heavy atom. The van der Waals surface area contributed by atoms with Crippen LogP contribution in [0, 0.1) is 0 Å². The van der Waals surface area contributed by atoms with Crippen LogP contribution in [0.3, 0.4) is 0 Å². The standard InChI is InChI=1S/C16H17ClN2O3/c17-12-7-8-15(22-13-5-2-1-3-6-13)14(11-12)19-16(21)18-9-4-10-20/h1-3,5-8,11,20H,4,9-10H2,(H2,18,19,21). The van der Waals surface area contributed by atoms with Crippen LogP contribution in [0.4, 0.5) is 10.5 Å². The fourth-order valence-corrected chi connectivity index (χ4v) is 1.92. The van der Waals surface area contributed by atoms with E-state index in [-0.39, 0.29) is 12.6 Å². The van der Waals surface area contributed by atoms with E-state index in [9.17, 15) is 4.79 Å². The number of anilines is 1. The highest BCUT2D eigenvalue weighted by Gasteiger charge is 2.09. The molecule has 0 atom stereocenters. The van der Waals surface area contributed by atoms with Gasteiger partial charge in [0.2, 0.25) is 0 Å². The summed E-state index contributed by atoms with van der Waals surface area (Å²) in [5, 5.41) is 14.5. The van der Waals surface area contributed by atoms with Gasteiger partial charge in [0.05, 0.1) is 5.69 Å². The minimum Gasteiger partial charge on any atom is -0.455 e. The Morgan fingerprint density at radius 2 is 1.95 bits per heavy atom. The zero-order valence-corrected chi connectivity index (χ0v) is 12.6. The Kier molecular flexibility index (Phi) is 6.06. The number of aliphatic hydroxyl groups excluding tert-OH is 1. The number of amides is 2. The number of carbonyl (C=O) groups is 1. The molecule has 0 saturated heterocycles. The molecule has 2 aromatic rings. The molecule has 0 aromatic heterocycles. The van der Waals surface area contributed by atoms with E-state index in [2.05, 4.69) is 10.6 Å². The summed E-state index contributed by atoms with van der Waals surface area (Å²) < 4.78 is 5.75. The maximum absolute atomic E-state index is 11.8. The third kappa shape index (κ3) is 4.95. The molecular formula is C16H17ClN2O3. The molecule has 3 N–H and O–H groups in total. The molecule has 2 aromatic carbocycles. The Bertz CT molecular complexity index is 620. The third-order valence-corrected chi connectivity index (χ3v) is 3.02. The van der Waals surface area contributed by atoms with Gasteiger partial charge in [-0.1, -0.05) is 29.8 Å². The van der Waals surface area contributed by atoms with E-state index in [0.717, 1.165) is 0 Å². The highest BCUT2D eigenvalue weighted by Crippen LogP contribution is 2.31. The van der Waals surface area contributed by atoms with Crippen LogP contribution >= 0.6 is 11.6 Å². The number of hydrogen-bond donors (Lipinski definition) is 3. The van der Waals surface area contributed by atoms with Gasteiger partial charge in [-0.2, -0.15) is 0 Å². The number of halogens is 1. The van der Waals surface area contributed by atoms with Crippen LogP contribution in [0.25, 0.3) is 0 Å². The molecule has 0 aliphatic carbocycles. The van der Waals surface area contributed by atoms with Gasteiger partial charge in [0.25, 0.3) is 0 Å². The quantitative estimate of drug-likeness (QED) is 0.712. The van der Waals surface area contributed by atoms with Crippen molar-refractivity contribution in [2.75, 3.05) is 18.5 Å². The molecule has 0 fully saturated rings. The molecule has 0 bridgehead atoms. The Hall–Kier alpha value is -2.24. The minimum absolute atomic E-state index is 0.0276. The van der Waals surface area contributed by atoms with Crippen LogP contribution in [-0.4, -0.2) is 24.3 Å². The number of carbonyl (C=O) groups excluding carboxylic acids is 1. The molecule has 0 spiro atoms. The largest absolute Gasteiger partial charge is 0.455 e. The molecule has 0 heterocycles. The zero-order chi connectivity index (χ0) is 15.8. The molecule has 116 valence electrons. The normalized spacial score (nSPS) is 10.1. The number of aliphatic hydroxyl groups is 1. The lowest BCUT2D eigenvalue weighted by molar-refractivity contribution is 0.248. The first-order valence-corrected chi connectivity index (χ1v) is 7.25. The number of ether oxygens (including phenoxy) is 1. The topological polar surface area (TPSA) is 70.6 Å². The molecule has 0 unspecified atom stereocenters. The van der Waals surface area contributed by atoms with Gasteiger partial charge in [-0.25, -0.2) is 4.79 Å². The van der Waals surface area contributed by atoms with Gasteiger partial charge in [0.15, 0.2) is 5.75 Å². The van der Waals surface area contributed by atoms with Crippen LogP contribution in [-0.2, 0) is 0 Å². The first kappa shape index (κ1) is 16.1. The first-order valence-electron chi connectivity index (χ1n) is 6.87. The fraction of sp³-hybridized carbons (Fsp3) is 0.188. The molecule has 0 aliphatic rings. The van der Waals surface area contributed by atoms with E-state index >= 15 is 0 Å². The minimum atomic E-state index is -0.381. The van der Waals surface area contributed by atoms with Gasteiger partial charge < -0.3 is 20.5 Å². The predicted molar refractivity (Wildman–Crippen MR) is 86.7 cm³/mol. The molecular weight excluding hydrogens is 304 g/mol. The van der Waals surface area contributed by atoms with Gasteiger partial charge in [0.1, 0.15) is 5.75 Å². The fourth-order valence-electron chi connectivity index (χ4n) is 1.75. The van der Waals surface area contributed by atoms with Gasteiger partial charge in [-0.15, -0.1) is 0 Å². The van der Waals surface area contributed by atoms with Crippen LogP contribution in [0.2, 0.25) is 5.02 Å². The van der Waals surface area contributed by atoms with E-state index in [4.69, 9.17) is 21.4 Å². The molecule has 0 radical (unpaired) electrons. The summed E-state index contributed by atoms with van der Waals surface area (Å²) in [6, 6.07) is 13.9. The maximum atomic E-state index is 11.8. The van der Waals surface area contributed by atoms with Crippen LogP contribution in [0.1, 0.15) is 6.42 Å². The molecule has 2 amide bonds. The van der Waals surface area contributed by atoms with Crippen molar-refractivity contribution >= 4 is 23.3 Å². The summed E-state index contributed by atoms with van der Waals surface area (Å²) in [5.74, 6) is 1.15. The van der Waals surface area contributed by atoms with Gasteiger partial charge >= 0.3 is 6.03 Å². The summed E-state index contributed by atoms with van der Waals surface area (Å²) in [6.45, 7) is 0.414. The predicted octanol–water partition coefficient (Wildman–Crippen LogP) is 3.64. The van der Waals surface area contributed by atoms with Crippen molar-refractivity contribution in [1.29, 1.82) is 0 Å². The van der Waals surface area contributed by atoms with Crippen molar-refractivity contribution < 1.29 is 14.6 Å². The van der Waals surface area contributed by atoms with E-state index in [0.29, 0.717) is 35.2 Å². The Labute approximate surface area is 133 Å². The summed E-state index contributed by atoms with van der Waals surface area (Å²) in [4.78, 5) is 11.8. The lowest BCUT2D eigenvalue weighted by atomic mass is 10.3. The average Bonchev–Trinajstić information content (AvgIpc) is 2.51. The summed E-state index contributed by atoms with van der Waals surface area (Å²) >= 11 is 5.97. The summed E-state index contributed by atoms with van der Waals surface area (Å²) in [7, 11) is 0. The SMILES string of the molecule is O=C(NCCCO)Nc1cc(Cl)ccc1Oc1ccccc1. The van der Waals surface area contributed by atoms with E-state index in [1.807, 2.05) is 30.3 Å². The van der Waals surface area contributed by atoms with Gasteiger partial charge in [-0.05, 0) is 36.8 Å². The number of hydrogen-bond acceptors (Lipinski definition) is 3. The smallest absolute Gasteiger partial charge is 0.319 e. The highest BCUT2D eigenvalue weighted by atomic mass is 35.5. The summed E-state index contributed by atoms with van der Waals surface area (Å²) in [6.07, 6.45) is 0.496.